The van der Waals surface area contributed by atoms with E-state index in [1.807, 2.05) is 17.0 Å². The number of anilines is 1. The minimum absolute atomic E-state index is 0.227. The third-order valence-corrected chi connectivity index (χ3v) is 3.80. The summed E-state index contributed by atoms with van der Waals surface area (Å²) in [5.41, 5.74) is 1.85. The highest BCUT2D eigenvalue weighted by Gasteiger charge is 2.21. The van der Waals surface area contributed by atoms with Gasteiger partial charge in [0.25, 0.3) is 0 Å². The molecule has 0 spiro atoms. The Labute approximate surface area is 128 Å². The first kappa shape index (κ1) is 14.3. The molecule has 1 fully saturated rings. The van der Waals surface area contributed by atoms with E-state index in [0.29, 0.717) is 5.84 Å². The van der Waals surface area contributed by atoms with E-state index in [-0.39, 0.29) is 5.82 Å². The van der Waals surface area contributed by atoms with Gasteiger partial charge >= 0.3 is 0 Å². The molecule has 5 nitrogen and oxygen atoms in total. The molecular weight excluding hydrogens is 283 g/mol. The smallest absolute Gasteiger partial charge is 0.175 e. The number of rotatable bonds is 2. The quantitative estimate of drug-likeness (QED) is 0.400. The molecule has 2 aromatic rings. The fourth-order valence-electron chi connectivity index (χ4n) is 2.63. The van der Waals surface area contributed by atoms with Crippen molar-refractivity contribution >= 4 is 11.5 Å². The summed E-state index contributed by atoms with van der Waals surface area (Å²) in [7, 11) is 0. The number of hydrogen-bond acceptors (Lipinski definition) is 4. The van der Waals surface area contributed by atoms with Gasteiger partial charge in [0, 0.05) is 49.8 Å². The maximum atomic E-state index is 13.0. The van der Waals surface area contributed by atoms with Crippen molar-refractivity contribution in [1.82, 2.24) is 9.88 Å². The van der Waals surface area contributed by atoms with Gasteiger partial charge in [-0.1, -0.05) is 5.16 Å². The highest BCUT2D eigenvalue weighted by atomic mass is 19.1. The molecule has 0 unspecified atom stereocenters. The van der Waals surface area contributed by atoms with E-state index in [1.54, 1.807) is 24.5 Å². The molecule has 0 radical (unpaired) electrons. The zero-order valence-corrected chi connectivity index (χ0v) is 12.1. The zero-order valence-electron chi connectivity index (χ0n) is 12.1. The maximum Gasteiger partial charge on any atom is 0.175 e. The van der Waals surface area contributed by atoms with E-state index < -0.39 is 0 Å². The van der Waals surface area contributed by atoms with Crippen LogP contribution in [0.3, 0.4) is 0 Å². The van der Waals surface area contributed by atoms with Gasteiger partial charge in [-0.05, 0) is 36.4 Å². The number of oxime groups is 1. The second-order valence-corrected chi connectivity index (χ2v) is 5.11. The lowest BCUT2D eigenvalue weighted by molar-refractivity contribution is 0.296. The minimum Gasteiger partial charge on any atom is -0.409 e. The van der Waals surface area contributed by atoms with Crippen LogP contribution in [0.2, 0.25) is 0 Å². The van der Waals surface area contributed by atoms with Gasteiger partial charge in [-0.2, -0.15) is 0 Å². The molecule has 114 valence electrons. The van der Waals surface area contributed by atoms with Crippen molar-refractivity contribution in [3.8, 4) is 0 Å². The van der Waals surface area contributed by atoms with Crippen molar-refractivity contribution in [3.63, 3.8) is 0 Å². The summed E-state index contributed by atoms with van der Waals surface area (Å²) >= 11 is 0. The monoisotopic (exact) mass is 300 g/mol. The van der Waals surface area contributed by atoms with Crippen molar-refractivity contribution < 1.29 is 9.60 Å². The first-order chi connectivity index (χ1) is 10.8. The van der Waals surface area contributed by atoms with E-state index >= 15 is 0 Å². The molecule has 1 saturated heterocycles. The number of aromatic nitrogens is 1. The molecule has 1 aromatic heterocycles. The molecule has 0 bridgehead atoms. The highest BCUT2D eigenvalue weighted by Crippen LogP contribution is 2.18. The van der Waals surface area contributed by atoms with Crippen LogP contribution in [0, 0.1) is 5.82 Å². The van der Waals surface area contributed by atoms with Gasteiger partial charge in [-0.25, -0.2) is 4.39 Å². The average Bonchev–Trinajstić information content (AvgIpc) is 2.58. The van der Waals surface area contributed by atoms with Crippen LogP contribution in [0.1, 0.15) is 5.56 Å². The highest BCUT2D eigenvalue weighted by molar-refractivity contribution is 5.98. The van der Waals surface area contributed by atoms with Crippen LogP contribution in [0.5, 0.6) is 0 Å². The molecule has 2 heterocycles. The van der Waals surface area contributed by atoms with E-state index in [1.165, 1.54) is 12.1 Å². The summed E-state index contributed by atoms with van der Waals surface area (Å²) in [4.78, 5) is 8.20. The van der Waals surface area contributed by atoms with Crippen molar-refractivity contribution in [2.45, 2.75) is 0 Å². The van der Waals surface area contributed by atoms with Crippen molar-refractivity contribution in [3.05, 3.63) is 60.2 Å². The summed E-state index contributed by atoms with van der Waals surface area (Å²) in [5.74, 6) is 0.330. The number of pyridine rings is 1. The van der Waals surface area contributed by atoms with Crippen molar-refractivity contribution in [2.75, 3.05) is 31.1 Å². The molecule has 0 atom stereocenters. The fourth-order valence-corrected chi connectivity index (χ4v) is 2.63. The summed E-state index contributed by atoms with van der Waals surface area (Å²) < 4.78 is 13.0. The molecule has 6 heteroatoms. The van der Waals surface area contributed by atoms with Gasteiger partial charge in [0.2, 0.25) is 0 Å². The van der Waals surface area contributed by atoms with Gasteiger partial charge < -0.3 is 15.0 Å². The fraction of sp³-hybridized carbons (Fsp3) is 0.250. The van der Waals surface area contributed by atoms with Gasteiger partial charge in [-0.15, -0.1) is 0 Å². The number of halogens is 1. The molecule has 1 aromatic carbocycles. The molecule has 0 saturated carbocycles. The second kappa shape index (κ2) is 6.43. The Kier molecular flexibility index (Phi) is 4.18. The number of amidine groups is 1. The molecule has 0 amide bonds. The van der Waals surface area contributed by atoms with Gasteiger partial charge in [-0.3, -0.25) is 4.98 Å². The number of hydrogen-bond donors (Lipinski definition) is 1. The molecule has 0 aliphatic carbocycles. The van der Waals surface area contributed by atoms with Gasteiger partial charge in [0.15, 0.2) is 5.84 Å². The summed E-state index contributed by atoms with van der Waals surface area (Å²) in [6.07, 6.45) is 3.35. The van der Waals surface area contributed by atoms with Crippen LogP contribution in [0.15, 0.2) is 53.9 Å². The summed E-state index contributed by atoms with van der Waals surface area (Å²) in [6.45, 7) is 3.05. The predicted molar refractivity (Wildman–Crippen MR) is 82.7 cm³/mol. The third-order valence-electron chi connectivity index (χ3n) is 3.80. The van der Waals surface area contributed by atoms with E-state index in [4.69, 9.17) is 0 Å². The van der Waals surface area contributed by atoms with Gasteiger partial charge in [0.05, 0.1) is 0 Å². The normalized spacial score (nSPS) is 16.0. The number of benzene rings is 1. The predicted octanol–water partition coefficient (Wildman–Crippen LogP) is 2.18. The summed E-state index contributed by atoms with van der Waals surface area (Å²) in [6, 6.07) is 10.2. The van der Waals surface area contributed by atoms with Crippen LogP contribution >= 0.6 is 0 Å². The summed E-state index contributed by atoms with van der Waals surface area (Å²) in [5, 5.41) is 12.8. The number of nitrogens with zero attached hydrogens (tertiary/aromatic N) is 4. The topological polar surface area (TPSA) is 52.0 Å². The number of piperazine rings is 1. The Morgan fingerprint density at radius 2 is 1.64 bits per heavy atom. The average molecular weight is 300 g/mol. The molecule has 1 aliphatic heterocycles. The van der Waals surface area contributed by atoms with Crippen molar-refractivity contribution in [2.24, 2.45) is 5.16 Å². The first-order valence-electron chi connectivity index (χ1n) is 7.16. The Morgan fingerprint density at radius 1 is 1.00 bits per heavy atom. The zero-order chi connectivity index (χ0) is 15.4. The molecule has 22 heavy (non-hydrogen) atoms. The standard InChI is InChI=1S/C16H17FN4O/c17-14-1-3-15(4-2-14)20-9-11-21(12-10-20)16(19-22)13-5-7-18-8-6-13/h1-8,22H,9-12H2/b19-16+. The van der Waals surface area contributed by atoms with Crippen LogP contribution in [0.4, 0.5) is 10.1 Å². The second-order valence-electron chi connectivity index (χ2n) is 5.11. The lowest BCUT2D eigenvalue weighted by atomic mass is 10.2. The van der Waals surface area contributed by atoms with Crippen LogP contribution < -0.4 is 4.90 Å². The molecule has 3 rings (SSSR count). The largest absolute Gasteiger partial charge is 0.409 e. The Hall–Kier alpha value is -2.63. The molecule has 1 N–H and O–H groups in total. The molecular formula is C16H17FN4O. The minimum atomic E-state index is -0.227. The van der Waals surface area contributed by atoms with Crippen molar-refractivity contribution in [1.29, 1.82) is 0 Å². The van der Waals surface area contributed by atoms with E-state index in [0.717, 1.165) is 37.4 Å². The van der Waals surface area contributed by atoms with Gasteiger partial charge in [0.1, 0.15) is 5.82 Å². The van der Waals surface area contributed by atoms with Crippen LogP contribution in [0.25, 0.3) is 0 Å². The third kappa shape index (κ3) is 3.00. The van der Waals surface area contributed by atoms with E-state index in [9.17, 15) is 9.60 Å². The Balaban J connectivity index is 1.67. The lowest BCUT2D eigenvalue weighted by Crippen LogP contribution is -2.49. The SMILES string of the molecule is O/N=C(\c1ccncc1)N1CCN(c2ccc(F)cc2)CC1. The lowest BCUT2D eigenvalue weighted by Gasteiger charge is -2.37. The Bertz CT molecular complexity index is 637. The Morgan fingerprint density at radius 3 is 2.23 bits per heavy atom. The molecule has 1 aliphatic rings. The first-order valence-corrected chi connectivity index (χ1v) is 7.16. The van der Waals surface area contributed by atoms with Crippen LogP contribution in [-0.2, 0) is 0 Å². The maximum absolute atomic E-state index is 13.0. The van der Waals surface area contributed by atoms with Crippen LogP contribution in [-0.4, -0.2) is 47.1 Å². The van der Waals surface area contributed by atoms with E-state index in [2.05, 4.69) is 15.0 Å².